The highest BCUT2D eigenvalue weighted by Crippen LogP contribution is 2.37. The summed E-state index contributed by atoms with van der Waals surface area (Å²) in [7, 11) is 3.82. The predicted molar refractivity (Wildman–Crippen MR) is 96.6 cm³/mol. The number of nitrogens with zero attached hydrogens (tertiary/aromatic N) is 1. The van der Waals surface area contributed by atoms with E-state index in [9.17, 15) is 18.0 Å². The molecule has 0 spiro atoms. The van der Waals surface area contributed by atoms with Crippen LogP contribution >= 0.6 is 23.4 Å². The smallest absolute Gasteiger partial charge is 0.378 e. The summed E-state index contributed by atoms with van der Waals surface area (Å²) in [6.45, 7) is 0. The van der Waals surface area contributed by atoms with E-state index in [-0.39, 0.29) is 16.7 Å². The number of hydrogen-bond acceptors (Lipinski definition) is 3. The van der Waals surface area contributed by atoms with Gasteiger partial charge in [0.15, 0.2) is 0 Å². The van der Waals surface area contributed by atoms with Crippen molar-refractivity contribution in [2.75, 3.05) is 30.1 Å². The Morgan fingerprint density at radius 1 is 1.16 bits per heavy atom. The van der Waals surface area contributed by atoms with Crippen molar-refractivity contribution in [3.8, 4) is 0 Å². The number of anilines is 2. The van der Waals surface area contributed by atoms with Crippen molar-refractivity contribution in [2.45, 2.75) is 11.1 Å². The van der Waals surface area contributed by atoms with E-state index in [4.69, 9.17) is 11.6 Å². The first-order valence-corrected chi connectivity index (χ1v) is 8.60. The van der Waals surface area contributed by atoms with Gasteiger partial charge in [-0.3, -0.25) is 4.79 Å². The number of hydrogen-bond donors (Lipinski definition) is 1. The molecule has 0 aromatic heterocycles. The van der Waals surface area contributed by atoms with E-state index in [0.717, 1.165) is 23.5 Å². The van der Waals surface area contributed by atoms with Crippen LogP contribution in [-0.4, -0.2) is 25.8 Å². The summed E-state index contributed by atoms with van der Waals surface area (Å²) in [5, 5.41) is 2.35. The quantitative estimate of drug-likeness (QED) is 0.718. The van der Waals surface area contributed by atoms with Gasteiger partial charge in [0.05, 0.1) is 16.3 Å². The van der Waals surface area contributed by atoms with Crippen molar-refractivity contribution < 1.29 is 18.0 Å². The molecule has 0 saturated carbocycles. The second kappa shape index (κ2) is 8.01. The van der Waals surface area contributed by atoms with Crippen molar-refractivity contribution in [1.29, 1.82) is 0 Å². The van der Waals surface area contributed by atoms with Crippen LogP contribution in [0.3, 0.4) is 0 Å². The van der Waals surface area contributed by atoms with Crippen molar-refractivity contribution in [3.05, 3.63) is 53.1 Å². The normalized spacial score (nSPS) is 11.3. The maximum atomic E-state index is 12.8. The number of rotatable bonds is 5. The first-order chi connectivity index (χ1) is 11.7. The molecular formula is C17H16ClF3N2OS. The molecule has 0 radical (unpaired) electrons. The highest BCUT2D eigenvalue weighted by atomic mass is 35.5. The lowest BCUT2D eigenvalue weighted by atomic mass is 10.2. The molecule has 2 aromatic rings. The number of halogens is 4. The molecule has 0 aliphatic rings. The van der Waals surface area contributed by atoms with Gasteiger partial charge >= 0.3 is 6.18 Å². The molecular weight excluding hydrogens is 373 g/mol. The van der Waals surface area contributed by atoms with E-state index in [1.54, 1.807) is 12.1 Å². The van der Waals surface area contributed by atoms with Crippen LogP contribution in [0.15, 0.2) is 47.4 Å². The van der Waals surface area contributed by atoms with Gasteiger partial charge in [0, 0.05) is 30.4 Å². The Bertz CT molecular complexity index is 749. The third-order valence-corrected chi connectivity index (χ3v) is 4.60. The van der Waals surface area contributed by atoms with Gasteiger partial charge in [-0.25, -0.2) is 0 Å². The Kier molecular flexibility index (Phi) is 6.24. The van der Waals surface area contributed by atoms with E-state index in [1.165, 1.54) is 12.1 Å². The van der Waals surface area contributed by atoms with Gasteiger partial charge in [-0.2, -0.15) is 13.2 Å². The highest BCUT2D eigenvalue weighted by molar-refractivity contribution is 8.00. The van der Waals surface area contributed by atoms with Gasteiger partial charge in [-0.05, 0) is 42.5 Å². The van der Waals surface area contributed by atoms with Crippen molar-refractivity contribution in [3.63, 3.8) is 0 Å². The molecule has 8 heteroatoms. The molecule has 1 amide bonds. The van der Waals surface area contributed by atoms with Crippen LogP contribution in [0.2, 0.25) is 5.02 Å². The predicted octanol–water partition coefficient (Wildman–Crippen LogP) is 5.16. The first-order valence-electron chi connectivity index (χ1n) is 7.23. The number of alkyl halides is 3. The fourth-order valence-corrected chi connectivity index (χ4v) is 2.96. The summed E-state index contributed by atoms with van der Waals surface area (Å²) in [6, 6.07) is 10.8. The molecule has 0 aliphatic heterocycles. The van der Waals surface area contributed by atoms with Crippen molar-refractivity contribution >= 4 is 40.6 Å². The van der Waals surface area contributed by atoms with Crippen molar-refractivity contribution in [2.24, 2.45) is 0 Å². The summed E-state index contributed by atoms with van der Waals surface area (Å²) in [5.41, 5.74) is 0.718. The minimum absolute atomic E-state index is 0.00559. The summed E-state index contributed by atoms with van der Waals surface area (Å²) in [5.74, 6) is -0.305. The standard InChI is InChI=1S/C17H16ClF3N2OS/c1-23(2)12-5-3-11(4-6-12)22-16(24)10-25-13-7-8-15(18)14(9-13)17(19,20)21/h3-9H,10H2,1-2H3,(H,22,24). The number of carbonyl (C=O) groups is 1. The molecule has 0 unspecified atom stereocenters. The maximum absolute atomic E-state index is 12.8. The number of nitrogens with one attached hydrogen (secondary N) is 1. The number of amides is 1. The molecule has 0 heterocycles. The van der Waals surface area contributed by atoms with Gasteiger partial charge < -0.3 is 10.2 Å². The van der Waals surface area contributed by atoms with Crippen LogP contribution in [0.5, 0.6) is 0 Å². The van der Waals surface area contributed by atoms with Crippen LogP contribution in [0, 0.1) is 0 Å². The lowest BCUT2D eigenvalue weighted by molar-refractivity contribution is -0.137. The number of thioether (sulfide) groups is 1. The second-order valence-corrected chi connectivity index (χ2v) is 6.87. The largest absolute Gasteiger partial charge is 0.417 e. The fourth-order valence-electron chi connectivity index (χ4n) is 2.00. The van der Waals surface area contributed by atoms with Crippen LogP contribution in [0.4, 0.5) is 24.5 Å². The summed E-state index contributed by atoms with van der Waals surface area (Å²) in [6.07, 6.45) is -4.52. The molecule has 2 aromatic carbocycles. The monoisotopic (exact) mass is 388 g/mol. The highest BCUT2D eigenvalue weighted by Gasteiger charge is 2.33. The van der Waals surface area contributed by atoms with Crippen LogP contribution < -0.4 is 10.2 Å². The molecule has 0 aliphatic carbocycles. The molecule has 0 saturated heterocycles. The summed E-state index contributed by atoms with van der Waals surface area (Å²) < 4.78 is 38.5. The molecule has 0 fully saturated rings. The zero-order chi connectivity index (χ0) is 18.6. The van der Waals surface area contributed by atoms with Gasteiger partial charge in [-0.15, -0.1) is 11.8 Å². The Labute approximate surface area is 153 Å². The fraction of sp³-hybridized carbons (Fsp3) is 0.235. The van der Waals surface area contributed by atoms with E-state index < -0.39 is 11.7 Å². The Morgan fingerprint density at radius 2 is 1.80 bits per heavy atom. The second-order valence-electron chi connectivity index (χ2n) is 5.42. The topological polar surface area (TPSA) is 32.3 Å². The average Bonchev–Trinajstić information content (AvgIpc) is 2.53. The molecule has 134 valence electrons. The molecule has 1 N–H and O–H groups in total. The van der Waals surface area contributed by atoms with E-state index in [2.05, 4.69) is 5.32 Å². The van der Waals surface area contributed by atoms with Crippen LogP contribution in [0.25, 0.3) is 0 Å². The van der Waals surface area contributed by atoms with E-state index >= 15 is 0 Å². The van der Waals surface area contributed by atoms with E-state index in [0.29, 0.717) is 10.6 Å². The number of carbonyl (C=O) groups excluding carboxylic acids is 1. The first kappa shape index (κ1) is 19.5. The zero-order valence-electron chi connectivity index (χ0n) is 13.5. The Balaban J connectivity index is 1.96. The van der Waals surface area contributed by atoms with Crippen LogP contribution in [-0.2, 0) is 11.0 Å². The molecule has 0 bridgehead atoms. The summed E-state index contributed by atoms with van der Waals surface area (Å²) in [4.78, 5) is 14.2. The number of benzene rings is 2. The van der Waals surface area contributed by atoms with E-state index in [1.807, 2.05) is 31.1 Å². The lowest BCUT2D eigenvalue weighted by Crippen LogP contribution is -2.14. The Morgan fingerprint density at radius 3 is 2.36 bits per heavy atom. The lowest BCUT2D eigenvalue weighted by Gasteiger charge is -2.13. The third kappa shape index (κ3) is 5.57. The molecule has 3 nitrogen and oxygen atoms in total. The van der Waals surface area contributed by atoms with Gasteiger partial charge in [-0.1, -0.05) is 11.6 Å². The van der Waals surface area contributed by atoms with Crippen molar-refractivity contribution in [1.82, 2.24) is 0 Å². The maximum Gasteiger partial charge on any atom is 0.417 e. The Hall–Kier alpha value is -1.86. The van der Waals surface area contributed by atoms with Gasteiger partial charge in [0.1, 0.15) is 0 Å². The average molecular weight is 389 g/mol. The SMILES string of the molecule is CN(C)c1ccc(NC(=O)CSc2ccc(Cl)c(C(F)(F)F)c2)cc1. The zero-order valence-corrected chi connectivity index (χ0v) is 15.1. The van der Waals surface area contributed by atoms with Gasteiger partial charge in [0.2, 0.25) is 5.91 Å². The molecule has 25 heavy (non-hydrogen) atoms. The minimum atomic E-state index is -4.52. The van der Waals surface area contributed by atoms with Crippen LogP contribution in [0.1, 0.15) is 5.56 Å². The molecule has 0 atom stereocenters. The summed E-state index contributed by atoms with van der Waals surface area (Å²) >= 11 is 6.59. The molecule has 2 rings (SSSR count). The third-order valence-electron chi connectivity index (χ3n) is 3.28. The van der Waals surface area contributed by atoms with Gasteiger partial charge in [0.25, 0.3) is 0 Å². The minimum Gasteiger partial charge on any atom is -0.378 e.